The van der Waals surface area contributed by atoms with Crippen molar-refractivity contribution < 1.29 is 0 Å². The van der Waals surface area contributed by atoms with E-state index in [0.717, 1.165) is 43.0 Å². The Morgan fingerprint density at radius 3 is 1.39 bits per heavy atom. The summed E-state index contributed by atoms with van der Waals surface area (Å²) in [5, 5.41) is 14.6. The Hall–Kier alpha value is -3.12. The third-order valence-electron chi connectivity index (χ3n) is 15.5. The number of unbranched alkanes of at least 4 members (excludes halogenated alkanes) is 16. The molecule has 0 aliphatic carbocycles. The molecule has 3 aromatic carbocycles. The lowest BCUT2D eigenvalue weighted by Gasteiger charge is -2.16. The zero-order chi connectivity index (χ0) is 49.8. The molecule has 2 unspecified atom stereocenters. The van der Waals surface area contributed by atoms with Crippen molar-refractivity contribution in [2.75, 3.05) is 0 Å². The maximum atomic E-state index is 4.81. The van der Waals surface area contributed by atoms with Crippen molar-refractivity contribution in [3.8, 4) is 31.3 Å². The maximum absolute atomic E-state index is 4.81. The monoisotopic (exact) mass is 1070 g/mol. The Morgan fingerprint density at radius 1 is 0.403 bits per heavy atom. The Bertz CT molecular complexity index is 2990. The van der Waals surface area contributed by atoms with Crippen molar-refractivity contribution in [2.45, 2.75) is 208 Å². The van der Waals surface area contributed by atoms with Gasteiger partial charge >= 0.3 is 0 Å². The Balaban J connectivity index is 1.12. The number of rotatable bonds is 31. The van der Waals surface area contributed by atoms with E-state index in [1.807, 2.05) is 22.7 Å². The van der Waals surface area contributed by atoms with Crippen LogP contribution in [0.3, 0.4) is 0 Å². The molecular formula is C62H80N4S6. The van der Waals surface area contributed by atoms with E-state index in [2.05, 4.69) is 122 Å². The number of aryl methyl sites for hydroxylation is 2. The Morgan fingerprint density at radius 2 is 0.847 bits per heavy atom. The molecule has 0 saturated carbocycles. The number of fused-ring (bicyclic) bond motifs is 7. The SMILES string of the molecule is CCCCCCCCC(CCCCCC)Cc1ccc(-c2c3cc(-c4cc5c(cc(C)c6snnc65)c5nnsc45)sc3c(-c3ccc(CC(CCCCCC)CCCCCCCC)s3)c3cc(C)sc23)s1. The number of hydrogen-bond acceptors (Lipinski definition) is 10. The minimum Gasteiger partial charge on any atom is -0.140 e. The van der Waals surface area contributed by atoms with Crippen molar-refractivity contribution in [1.82, 2.24) is 19.2 Å². The summed E-state index contributed by atoms with van der Waals surface area (Å²) in [5.41, 5.74) is 7.22. The number of hydrogen-bond donors (Lipinski definition) is 0. The predicted octanol–water partition coefficient (Wildman–Crippen LogP) is 22.8. The molecule has 9 aromatic rings. The van der Waals surface area contributed by atoms with Crippen LogP contribution in [-0.2, 0) is 12.8 Å². The van der Waals surface area contributed by atoms with Gasteiger partial charge in [-0.3, -0.25) is 0 Å². The van der Waals surface area contributed by atoms with Gasteiger partial charge in [-0.1, -0.05) is 191 Å². The molecular weight excluding hydrogens is 993 g/mol. The third kappa shape index (κ3) is 12.8. The molecule has 0 N–H and O–H groups in total. The van der Waals surface area contributed by atoms with Crippen molar-refractivity contribution in [1.29, 1.82) is 0 Å². The predicted molar refractivity (Wildman–Crippen MR) is 326 cm³/mol. The van der Waals surface area contributed by atoms with Crippen LogP contribution in [-0.4, -0.2) is 19.2 Å². The van der Waals surface area contributed by atoms with Gasteiger partial charge < -0.3 is 0 Å². The molecule has 6 heterocycles. The Labute approximate surface area is 455 Å². The molecule has 72 heavy (non-hydrogen) atoms. The first-order valence-electron chi connectivity index (χ1n) is 28.4. The highest BCUT2D eigenvalue weighted by molar-refractivity contribution is 7.26. The molecule has 10 heteroatoms. The van der Waals surface area contributed by atoms with Gasteiger partial charge in [0.2, 0.25) is 0 Å². The van der Waals surface area contributed by atoms with Crippen molar-refractivity contribution in [3.63, 3.8) is 0 Å². The van der Waals surface area contributed by atoms with E-state index in [9.17, 15) is 0 Å². The largest absolute Gasteiger partial charge is 0.140 e. The van der Waals surface area contributed by atoms with E-state index in [-0.39, 0.29) is 0 Å². The maximum Gasteiger partial charge on any atom is 0.114 e. The lowest BCUT2D eigenvalue weighted by Crippen LogP contribution is -2.04. The fourth-order valence-corrected chi connectivity index (χ4v) is 17.8. The van der Waals surface area contributed by atoms with Crippen LogP contribution in [0.2, 0.25) is 0 Å². The van der Waals surface area contributed by atoms with Crippen LogP contribution < -0.4 is 0 Å². The fourth-order valence-electron chi connectivity index (χ4n) is 11.6. The second-order valence-electron chi connectivity index (χ2n) is 21.3. The molecule has 0 fully saturated rings. The van der Waals surface area contributed by atoms with E-state index in [1.165, 1.54) is 252 Å². The highest BCUT2D eigenvalue weighted by Crippen LogP contribution is 2.54. The van der Waals surface area contributed by atoms with Crippen molar-refractivity contribution in [2.24, 2.45) is 11.8 Å². The zero-order valence-corrected chi connectivity index (χ0v) is 49.3. The molecule has 0 bridgehead atoms. The van der Waals surface area contributed by atoms with Gasteiger partial charge in [-0.2, -0.15) is 0 Å². The van der Waals surface area contributed by atoms with Gasteiger partial charge in [0, 0.05) is 76.9 Å². The second kappa shape index (κ2) is 26.6. The smallest absolute Gasteiger partial charge is 0.114 e. The summed E-state index contributed by atoms with van der Waals surface area (Å²) in [7, 11) is 0. The van der Waals surface area contributed by atoms with Crippen LogP contribution in [0.5, 0.6) is 0 Å². The molecule has 0 spiro atoms. The van der Waals surface area contributed by atoms with Gasteiger partial charge in [0.1, 0.15) is 11.0 Å². The van der Waals surface area contributed by atoms with Crippen LogP contribution in [0.15, 0.2) is 48.5 Å². The summed E-state index contributed by atoms with van der Waals surface area (Å²) in [5.74, 6) is 1.53. The van der Waals surface area contributed by atoms with E-state index in [4.69, 9.17) is 10.2 Å². The topological polar surface area (TPSA) is 51.6 Å². The van der Waals surface area contributed by atoms with Gasteiger partial charge in [-0.15, -0.1) is 55.5 Å². The number of aromatic nitrogens is 4. The molecule has 384 valence electrons. The van der Waals surface area contributed by atoms with E-state index in [1.54, 1.807) is 9.75 Å². The fraction of sp³-hybridized carbons (Fsp3) is 0.548. The van der Waals surface area contributed by atoms with Crippen molar-refractivity contribution in [3.05, 3.63) is 68.7 Å². The van der Waals surface area contributed by atoms with Crippen LogP contribution in [0.25, 0.3) is 82.7 Å². The zero-order valence-electron chi connectivity index (χ0n) is 44.4. The van der Waals surface area contributed by atoms with Gasteiger partial charge in [0.25, 0.3) is 0 Å². The first-order chi connectivity index (χ1) is 35.4. The van der Waals surface area contributed by atoms with Gasteiger partial charge in [-0.25, -0.2) is 0 Å². The van der Waals surface area contributed by atoms with Crippen LogP contribution in [0.1, 0.15) is 202 Å². The Kier molecular flexibility index (Phi) is 19.8. The molecule has 9 rings (SSSR count). The summed E-state index contributed by atoms with van der Waals surface area (Å²) >= 11 is 11.2. The highest BCUT2D eigenvalue weighted by Gasteiger charge is 2.26. The van der Waals surface area contributed by atoms with E-state index < -0.39 is 0 Å². The van der Waals surface area contributed by atoms with E-state index in [0.29, 0.717) is 0 Å². The molecule has 0 aliphatic rings. The summed E-state index contributed by atoms with van der Waals surface area (Å²) in [6.07, 6.45) is 35.2. The summed E-state index contributed by atoms with van der Waals surface area (Å²) < 4.78 is 14.2. The summed E-state index contributed by atoms with van der Waals surface area (Å²) in [4.78, 5) is 8.62. The average molecular weight is 1070 g/mol. The molecule has 2 atom stereocenters. The summed E-state index contributed by atoms with van der Waals surface area (Å²) in [6.45, 7) is 13.8. The molecule has 4 nitrogen and oxygen atoms in total. The van der Waals surface area contributed by atoms with Crippen LogP contribution in [0, 0.1) is 25.7 Å². The number of benzene rings is 3. The molecule has 0 radical (unpaired) electrons. The third-order valence-corrected chi connectivity index (χ3v) is 21.7. The first-order valence-corrected chi connectivity index (χ1v) is 33.2. The summed E-state index contributed by atoms with van der Waals surface area (Å²) in [6, 6.07) is 19.7. The second-order valence-corrected chi connectivity index (χ2v) is 27.5. The minimum atomic E-state index is 0.764. The average Bonchev–Trinajstić information content (AvgIpc) is 4.25. The van der Waals surface area contributed by atoms with Crippen LogP contribution in [0.4, 0.5) is 0 Å². The quantitative estimate of drug-likeness (QED) is 0.0407. The first kappa shape index (κ1) is 53.7. The molecule has 0 amide bonds. The number of nitrogens with zero attached hydrogens (tertiary/aromatic N) is 4. The lowest BCUT2D eigenvalue weighted by molar-refractivity contribution is 0.404. The standard InChI is InChI=1S/C62H80N4S6/c1-7-11-15-19-21-25-29-43(27-23-17-13-9-3)37-45-31-33-52(68-45)55-50-36-42(6)67-60(50)56(53-34-32-46(69-53)38-44(28-24-18-14-10-4)30-26-22-20-16-12-8-2)51-40-54(70-61(51)55)49-39-48-47(58-62(49)72-66-64-58)35-41(5)59-57(48)63-65-71-59/h31-36,39-40,43-44H,7-30,37-38H2,1-6H3. The van der Waals surface area contributed by atoms with E-state index >= 15 is 0 Å². The number of thiophene rings is 4. The van der Waals surface area contributed by atoms with Crippen molar-refractivity contribution >= 4 is 120 Å². The molecule has 6 aromatic heterocycles. The van der Waals surface area contributed by atoms with Gasteiger partial charge in [0.15, 0.2) is 0 Å². The van der Waals surface area contributed by atoms with Gasteiger partial charge in [0.05, 0.1) is 9.40 Å². The van der Waals surface area contributed by atoms with Crippen LogP contribution >= 0.6 is 68.4 Å². The normalized spacial score (nSPS) is 13.1. The molecule has 0 aliphatic heterocycles. The van der Waals surface area contributed by atoms with Gasteiger partial charge in [-0.05, 0) is 116 Å². The lowest BCUT2D eigenvalue weighted by atomic mass is 9.91. The highest BCUT2D eigenvalue weighted by atomic mass is 32.1. The molecule has 0 saturated heterocycles. The minimum absolute atomic E-state index is 0.764.